The number of rotatable bonds is 10. The molecule has 0 radical (unpaired) electrons. The van der Waals surface area contributed by atoms with Gasteiger partial charge in [-0.2, -0.15) is 0 Å². The molecular formula is C34H33FN2O5S. The highest BCUT2D eigenvalue weighted by atomic mass is 32.2. The fraction of sp³-hybridized carbons (Fsp3) is 0.265. The highest BCUT2D eigenvalue weighted by molar-refractivity contribution is 7.95. The van der Waals surface area contributed by atoms with Crippen LogP contribution in [0.4, 0.5) is 10.2 Å². The molecule has 2 aliphatic rings. The fourth-order valence-electron chi connectivity index (χ4n) is 5.55. The van der Waals surface area contributed by atoms with Crippen LogP contribution >= 0.6 is 0 Å². The van der Waals surface area contributed by atoms with Crippen molar-refractivity contribution in [1.29, 1.82) is 0 Å². The van der Waals surface area contributed by atoms with Gasteiger partial charge in [0.2, 0.25) is 0 Å². The second-order valence-corrected chi connectivity index (χ2v) is 11.9. The molecule has 0 spiro atoms. The number of ether oxygens (including phenoxy) is 4. The predicted molar refractivity (Wildman–Crippen MR) is 164 cm³/mol. The van der Waals surface area contributed by atoms with Crippen LogP contribution in [0.1, 0.15) is 29.5 Å². The maximum atomic E-state index is 13.9. The first-order valence-corrected chi connectivity index (χ1v) is 15.4. The van der Waals surface area contributed by atoms with Crippen molar-refractivity contribution in [2.75, 3.05) is 32.2 Å². The molecule has 3 heterocycles. The molecule has 0 bridgehead atoms. The first kappa shape index (κ1) is 29.0. The molecule has 9 heteroatoms. The Morgan fingerprint density at radius 1 is 0.930 bits per heavy atom. The van der Waals surface area contributed by atoms with E-state index in [0.717, 1.165) is 37.3 Å². The van der Waals surface area contributed by atoms with E-state index in [9.17, 15) is 8.60 Å². The first-order valence-electron chi connectivity index (χ1n) is 14.2. The van der Waals surface area contributed by atoms with E-state index in [-0.39, 0.29) is 12.1 Å². The Labute approximate surface area is 253 Å². The number of hydrogen-bond acceptors (Lipinski definition) is 7. The maximum absolute atomic E-state index is 13.9. The van der Waals surface area contributed by atoms with Crippen LogP contribution in [0.5, 0.6) is 11.5 Å². The number of nitrogens with zero attached hydrogens (tertiary/aromatic N) is 2. The summed E-state index contributed by atoms with van der Waals surface area (Å²) in [6, 6.07) is 25.1. The van der Waals surface area contributed by atoms with Gasteiger partial charge in [-0.3, -0.25) is 0 Å². The molecule has 3 aromatic carbocycles. The Hall–Kier alpha value is -4.05. The van der Waals surface area contributed by atoms with Gasteiger partial charge in [0.1, 0.15) is 29.7 Å². The van der Waals surface area contributed by atoms with Crippen LogP contribution in [0.2, 0.25) is 0 Å². The van der Waals surface area contributed by atoms with E-state index in [4.69, 9.17) is 18.9 Å². The third kappa shape index (κ3) is 6.34. The Morgan fingerprint density at radius 3 is 2.33 bits per heavy atom. The largest absolute Gasteiger partial charge is 0.489 e. The summed E-state index contributed by atoms with van der Waals surface area (Å²) in [6.45, 7) is 2.09. The number of methoxy groups -OCH3 is 2. The average Bonchev–Trinajstić information content (AvgIpc) is 3.32. The number of hydrogen-bond donors (Lipinski definition) is 0. The Bertz CT molecular complexity index is 1600. The van der Waals surface area contributed by atoms with Gasteiger partial charge < -0.3 is 23.8 Å². The van der Waals surface area contributed by atoms with Gasteiger partial charge in [-0.1, -0.05) is 42.5 Å². The average molecular weight is 601 g/mol. The van der Waals surface area contributed by atoms with E-state index >= 15 is 0 Å². The number of piperidine rings is 1. The minimum absolute atomic E-state index is 0.194. The van der Waals surface area contributed by atoms with Crippen molar-refractivity contribution in [2.24, 2.45) is 5.92 Å². The van der Waals surface area contributed by atoms with Crippen LogP contribution in [0.3, 0.4) is 0 Å². The number of halogens is 1. The molecular weight excluding hydrogens is 567 g/mol. The molecule has 0 N–H and O–H groups in total. The molecule has 1 atom stereocenters. The van der Waals surface area contributed by atoms with E-state index in [1.54, 1.807) is 38.6 Å². The van der Waals surface area contributed by atoms with Crippen molar-refractivity contribution in [2.45, 2.75) is 30.6 Å². The van der Waals surface area contributed by atoms with Gasteiger partial charge in [0.25, 0.3) is 0 Å². The zero-order chi connectivity index (χ0) is 29.8. The molecule has 222 valence electrons. The van der Waals surface area contributed by atoms with Crippen molar-refractivity contribution in [3.63, 3.8) is 0 Å². The molecule has 6 rings (SSSR count). The number of pyridine rings is 1. The van der Waals surface area contributed by atoms with Gasteiger partial charge in [0, 0.05) is 38.8 Å². The minimum atomic E-state index is -1.57. The summed E-state index contributed by atoms with van der Waals surface area (Å²) in [4.78, 5) is 7.98. The predicted octanol–water partition coefficient (Wildman–Crippen LogP) is 6.66. The van der Waals surface area contributed by atoms with Crippen molar-refractivity contribution >= 4 is 27.3 Å². The summed E-state index contributed by atoms with van der Waals surface area (Å²) < 4.78 is 51.0. The van der Waals surface area contributed by atoms with E-state index in [2.05, 4.69) is 9.88 Å². The monoisotopic (exact) mass is 600 g/mol. The molecule has 0 saturated carbocycles. The molecule has 1 aromatic heterocycles. The zero-order valence-corrected chi connectivity index (χ0v) is 24.9. The van der Waals surface area contributed by atoms with Gasteiger partial charge in [0.05, 0.1) is 26.8 Å². The summed E-state index contributed by atoms with van der Waals surface area (Å²) in [7, 11) is 1.78. The number of benzene rings is 3. The van der Waals surface area contributed by atoms with E-state index in [1.807, 2.05) is 54.6 Å². The van der Waals surface area contributed by atoms with Gasteiger partial charge in [-0.25, -0.2) is 13.6 Å². The van der Waals surface area contributed by atoms with Crippen LogP contribution in [0.25, 0.3) is 10.7 Å². The lowest BCUT2D eigenvalue weighted by Crippen LogP contribution is -2.39. The van der Waals surface area contributed by atoms with E-state index in [1.165, 1.54) is 12.1 Å². The highest BCUT2D eigenvalue weighted by Crippen LogP contribution is 2.44. The third-order valence-corrected chi connectivity index (χ3v) is 9.33. The zero-order valence-electron chi connectivity index (χ0n) is 24.1. The SMILES string of the molecule is COC(OC)C1CCN(c2ccc(OC3=C(c4ccc(F)cc4)S(=O)c4cc(OCc5ccccc5)ccc43)cn2)CC1. The van der Waals surface area contributed by atoms with Crippen LogP contribution in [-0.2, 0) is 26.9 Å². The van der Waals surface area contributed by atoms with E-state index in [0.29, 0.717) is 50.7 Å². The maximum Gasteiger partial charge on any atom is 0.159 e. The third-order valence-electron chi connectivity index (χ3n) is 7.80. The molecule has 1 fully saturated rings. The smallest absolute Gasteiger partial charge is 0.159 e. The lowest BCUT2D eigenvalue weighted by molar-refractivity contribution is -0.141. The van der Waals surface area contributed by atoms with Gasteiger partial charge in [0.15, 0.2) is 12.0 Å². The highest BCUT2D eigenvalue weighted by Gasteiger charge is 2.33. The molecule has 43 heavy (non-hydrogen) atoms. The summed E-state index contributed by atoms with van der Waals surface area (Å²) >= 11 is 0. The van der Waals surface area contributed by atoms with Crippen LogP contribution < -0.4 is 14.4 Å². The van der Waals surface area contributed by atoms with Gasteiger partial charge in [-0.15, -0.1) is 0 Å². The summed E-state index contributed by atoms with van der Waals surface area (Å²) in [5, 5.41) is 0. The summed E-state index contributed by atoms with van der Waals surface area (Å²) in [6.07, 6.45) is 3.38. The molecule has 7 nitrogen and oxygen atoms in total. The summed E-state index contributed by atoms with van der Waals surface area (Å²) in [5.41, 5.74) is 2.35. The molecule has 2 aliphatic heterocycles. The molecule has 0 amide bonds. The minimum Gasteiger partial charge on any atom is -0.489 e. The Kier molecular flexibility index (Phi) is 8.83. The molecule has 1 unspecified atom stereocenters. The van der Waals surface area contributed by atoms with Gasteiger partial charge >= 0.3 is 0 Å². The fourth-order valence-corrected chi connectivity index (χ4v) is 7.02. The number of anilines is 1. The van der Waals surface area contributed by atoms with Crippen molar-refractivity contribution in [1.82, 2.24) is 4.98 Å². The van der Waals surface area contributed by atoms with Crippen molar-refractivity contribution < 1.29 is 27.5 Å². The lowest BCUT2D eigenvalue weighted by atomic mass is 9.96. The second kappa shape index (κ2) is 13.1. The van der Waals surface area contributed by atoms with Gasteiger partial charge in [-0.05, 0) is 66.4 Å². The number of aromatic nitrogens is 1. The topological polar surface area (TPSA) is 70.1 Å². The van der Waals surface area contributed by atoms with Crippen molar-refractivity contribution in [3.05, 3.63) is 114 Å². The standard InChI is InChI=1S/C34H33FN2O5S/c1-39-34(40-2)25-16-18-37(19-17-25)31-15-13-28(21-36-31)42-32-29-14-12-27(41-22-23-6-4-3-5-7-23)20-30(29)43(38)33(32)24-8-10-26(35)11-9-24/h3-15,20-21,25,34H,16-19,22H2,1-2H3. The molecule has 4 aromatic rings. The second-order valence-electron chi connectivity index (χ2n) is 10.5. The summed E-state index contributed by atoms with van der Waals surface area (Å²) in [5.74, 6) is 2.41. The van der Waals surface area contributed by atoms with Crippen molar-refractivity contribution in [3.8, 4) is 11.5 Å². The first-order chi connectivity index (χ1) is 21.0. The lowest BCUT2D eigenvalue weighted by Gasteiger charge is -2.35. The normalized spacial score (nSPS) is 16.9. The van der Waals surface area contributed by atoms with Crippen LogP contribution in [0.15, 0.2) is 96.0 Å². The molecule has 0 aliphatic carbocycles. The Morgan fingerprint density at radius 2 is 1.65 bits per heavy atom. The van der Waals surface area contributed by atoms with E-state index < -0.39 is 10.8 Å². The number of fused-ring (bicyclic) bond motifs is 1. The van der Waals surface area contributed by atoms with Crippen LogP contribution in [0, 0.1) is 11.7 Å². The molecule has 1 saturated heterocycles. The Balaban J connectivity index is 1.23. The quantitative estimate of drug-likeness (QED) is 0.189. The van der Waals surface area contributed by atoms with Crippen LogP contribution in [-0.4, -0.2) is 42.8 Å².